The van der Waals surface area contributed by atoms with Crippen molar-refractivity contribution in [2.75, 3.05) is 26.7 Å². The zero-order valence-electron chi connectivity index (χ0n) is 17.8. The van der Waals surface area contributed by atoms with E-state index in [0.717, 1.165) is 50.0 Å². The third-order valence-electron chi connectivity index (χ3n) is 5.71. The smallest absolute Gasteiger partial charge is 0.317 e. The van der Waals surface area contributed by atoms with Crippen LogP contribution < -0.4 is 5.32 Å². The number of rotatable bonds is 8. The molecular formula is C24H32N4O2. The Hall–Kier alpha value is -2.89. The van der Waals surface area contributed by atoms with Crippen LogP contribution in [-0.2, 0) is 17.8 Å². The number of piperidine rings is 1. The number of nitrogens with one attached hydrogen (secondary N) is 1. The molecule has 0 bridgehead atoms. The second-order valence-corrected chi connectivity index (χ2v) is 8.02. The fourth-order valence-electron chi connectivity index (χ4n) is 3.84. The fraction of sp³-hybridized carbons (Fsp3) is 0.458. The summed E-state index contributed by atoms with van der Waals surface area (Å²) in [5, 5.41) is 3.01. The van der Waals surface area contributed by atoms with Gasteiger partial charge >= 0.3 is 6.03 Å². The van der Waals surface area contributed by atoms with E-state index in [-0.39, 0.29) is 11.9 Å². The summed E-state index contributed by atoms with van der Waals surface area (Å²) >= 11 is 0. The monoisotopic (exact) mass is 408 g/mol. The molecule has 1 fully saturated rings. The third kappa shape index (κ3) is 6.87. The van der Waals surface area contributed by atoms with Crippen LogP contribution in [0.25, 0.3) is 0 Å². The van der Waals surface area contributed by atoms with E-state index in [4.69, 9.17) is 0 Å². The number of benzene rings is 1. The summed E-state index contributed by atoms with van der Waals surface area (Å²) in [5.74, 6) is 0.547. The van der Waals surface area contributed by atoms with Gasteiger partial charge in [-0.25, -0.2) is 4.79 Å². The number of carbonyl (C=O) groups excluding carboxylic acids is 2. The van der Waals surface area contributed by atoms with E-state index >= 15 is 0 Å². The average Bonchev–Trinajstić information content (AvgIpc) is 2.81. The molecule has 160 valence electrons. The van der Waals surface area contributed by atoms with Gasteiger partial charge in [0.1, 0.15) is 0 Å². The van der Waals surface area contributed by atoms with Crippen molar-refractivity contribution in [3.05, 3.63) is 66.0 Å². The van der Waals surface area contributed by atoms with Gasteiger partial charge in [-0.2, -0.15) is 0 Å². The Kier molecular flexibility index (Phi) is 8.24. The lowest BCUT2D eigenvalue weighted by Crippen LogP contribution is -2.45. The number of aromatic nitrogens is 1. The SMILES string of the molecule is CN(CCc1ccccn1)C(=O)CC[C@H]1CCCN(C(=O)NCc2ccccc2)C1. The Morgan fingerprint density at radius 3 is 2.73 bits per heavy atom. The standard InChI is InChI=1S/C24H32N4O2/c1-27(17-14-22-11-5-6-15-25-22)23(29)13-12-21-10-7-16-28(19-21)24(30)26-18-20-8-3-2-4-9-20/h2-6,8-9,11,15,21H,7,10,12-14,16-19H2,1H3,(H,26,30)/t21-/m1/s1. The molecule has 0 spiro atoms. The van der Waals surface area contributed by atoms with Crippen molar-refractivity contribution in [1.29, 1.82) is 0 Å². The topological polar surface area (TPSA) is 65.5 Å². The van der Waals surface area contributed by atoms with Crippen LogP contribution in [0.3, 0.4) is 0 Å². The minimum atomic E-state index is -0.0117. The molecule has 0 saturated carbocycles. The lowest BCUT2D eigenvalue weighted by Gasteiger charge is -2.33. The molecule has 2 heterocycles. The van der Waals surface area contributed by atoms with Crippen molar-refractivity contribution in [3.8, 4) is 0 Å². The van der Waals surface area contributed by atoms with Crippen LogP contribution in [0.4, 0.5) is 4.79 Å². The number of pyridine rings is 1. The van der Waals surface area contributed by atoms with E-state index in [2.05, 4.69) is 10.3 Å². The van der Waals surface area contributed by atoms with Gasteiger partial charge in [0.05, 0.1) is 0 Å². The minimum Gasteiger partial charge on any atom is -0.345 e. The number of likely N-dealkylation sites (N-methyl/N-ethyl adjacent to an activating group) is 1. The number of carbonyl (C=O) groups is 2. The summed E-state index contributed by atoms with van der Waals surface area (Å²) in [4.78, 5) is 33.0. The van der Waals surface area contributed by atoms with E-state index in [9.17, 15) is 9.59 Å². The molecule has 1 saturated heterocycles. The lowest BCUT2D eigenvalue weighted by atomic mass is 9.93. The van der Waals surface area contributed by atoms with Crippen molar-refractivity contribution >= 4 is 11.9 Å². The Bertz CT molecular complexity index is 797. The summed E-state index contributed by atoms with van der Waals surface area (Å²) in [6, 6.07) is 15.8. The van der Waals surface area contributed by atoms with Crippen LogP contribution in [0, 0.1) is 5.92 Å². The van der Waals surface area contributed by atoms with Gasteiger partial charge in [-0.05, 0) is 42.9 Å². The maximum absolute atomic E-state index is 12.5. The first-order valence-electron chi connectivity index (χ1n) is 10.8. The van der Waals surface area contributed by atoms with Crippen LogP contribution >= 0.6 is 0 Å². The van der Waals surface area contributed by atoms with Gasteiger partial charge in [0.15, 0.2) is 0 Å². The minimum absolute atomic E-state index is 0.0117. The molecule has 0 unspecified atom stereocenters. The summed E-state index contributed by atoms with van der Waals surface area (Å²) in [6.07, 6.45) is 5.97. The molecule has 0 aliphatic carbocycles. The fourth-order valence-corrected chi connectivity index (χ4v) is 3.84. The predicted octanol–water partition coefficient (Wildman–Crippen LogP) is 3.48. The quantitative estimate of drug-likeness (QED) is 0.727. The van der Waals surface area contributed by atoms with Crippen molar-refractivity contribution in [1.82, 2.24) is 20.1 Å². The normalized spacial score (nSPS) is 16.2. The Morgan fingerprint density at radius 1 is 1.17 bits per heavy atom. The van der Waals surface area contributed by atoms with Crippen LogP contribution in [0.2, 0.25) is 0 Å². The highest BCUT2D eigenvalue weighted by atomic mass is 16.2. The second kappa shape index (κ2) is 11.3. The highest BCUT2D eigenvalue weighted by molar-refractivity contribution is 5.76. The van der Waals surface area contributed by atoms with Gasteiger partial charge in [0.2, 0.25) is 5.91 Å². The van der Waals surface area contributed by atoms with E-state index in [0.29, 0.717) is 25.4 Å². The zero-order chi connectivity index (χ0) is 21.2. The van der Waals surface area contributed by atoms with Crippen molar-refractivity contribution in [2.24, 2.45) is 5.92 Å². The Labute approximate surface area is 179 Å². The molecule has 3 rings (SSSR count). The first-order chi connectivity index (χ1) is 14.6. The van der Waals surface area contributed by atoms with E-state index in [1.165, 1.54) is 0 Å². The largest absolute Gasteiger partial charge is 0.345 e. The van der Waals surface area contributed by atoms with Gasteiger partial charge in [0.25, 0.3) is 0 Å². The molecule has 1 aromatic heterocycles. The number of hydrogen-bond donors (Lipinski definition) is 1. The predicted molar refractivity (Wildman–Crippen MR) is 118 cm³/mol. The van der Waals surface area contributed by atoms with Gasteiger partial charge in [0, 0.05) is 58.0 Å². The van der Waals surface area contributed by atoms with Crippen molar-refractivity contribution < 1.29 is 9.59 Å². The molecule has 3 amide bonds. The average molecular weight is 409 g/mol. The Balaban J connectivity index is 1.37. The number of likely N-dealkylation sites (tertiary alicyclic amines) is 1. The summed E-state index contributed by atoms with van der Waals surface area (Å²) in [6.45, 7) is 2.73. The molecule has 1 aromatic carbocycles. The number of nitrogens with zero attached hydrogens (tertiary/aromatic N) is 3. The highest BCUT2D eigenvalue weighted by Crippen LogP contribution is 2.21. The summed E-state index contributed by atoms with van der Waals surface area (Å²) < 4.78 is 0. The van der Waals surface area contributed by atoms with Crippen molar-refractivity contribution in [3.63, 3.8) is 0 Å². The van der Waals surface area contributed by atoms with Gasteiger partial charge in [-0.1, -0.05) is 36.4 Å². The van der Waals surface area contributed by atoms with Crippen molar-refractivity contribution in [2.45, 2.75) is 38.6 Å². The highest BCUT2D eigenvalue weighted by Gasteiger charge is 2.24. The molecule has 1 N–H and O–H groups in total. The first-order valence-corrected chi connectivity index (χ1v) is 10.8. The molecule has 6 heteroatoms. The van der Waals surface area contributed by atoms with Gasteiger partial charge < -0.3 is 15.1 Å². The maximum Gasteiger partial charge on any atom is 0.317 e. The first kappa shape index (κ1) is 21.8. The molecule has 6 nitrogen and oxygen atoms in total. The molecular weight excluding hydrogens is 376 g/mol. The molecule has 30 heavy (non-hydrogen) atoms. The van der Waals surface area contributed by atoms with Gasteiger partial charge in [-0.15, -0.1) is 0 Å². The maximum atomic E-state index is 12.5. The van der Waals surface area contributed by atoms with Crippen LogP contribution in [0.15, 0.2) is 54.7 Å². The number of hydrogen-bond acceptors (Lipinski definition) is 3. The van der Waals surface area contributed by atoms with Crippen LogP contribution in [-0.4, -0.2) is 53.4 Å². The summed E-state index contributed by atoms with van der Waals surface area (Å²) in [5.41, 5.74) is 2.10. The molecule has 0 radical (unpaired) electrons. The number of amides is 3. The van der Waals surface area contributed by atoms with Crippen LogP contribution in [0.5, 0.6) is 0 Å². The summed E-state index contributed by atoms with van der Waals surface area (Å²) in [7, 11) is 1.86. The molecule has 1 aliphatic heterocycles. The van der Waals surface area contributed by atoms with Crippen LogP contribution in [0.1, 0.15) is 36.9 Å². The molecule has 1 aliphatic rings. The Morgan fingerprint density at radius 2 is 1.97 bits per heavy atom. The van der Waals surface area contributed by atoms with E-state index in [1.807, 2.05) is 60.5 Å². The lowest BCUT2D eigenvalue weighted by molar-refractivity contribution is -0.130. The number of urea groups is 1. The van der Waals surface area contributed by atoms with Gasteiger partial charge in [-0.3, -0.25) is 9.78 Å². The molecule has 2 aromatic rings. The molecule has 1 atom stereocenters. The third-order valence-corrected chi connectivity index (χ3v) is 5.71. The second-order valence-electron chi connectivity index (χ2n) is 8.02. The van der Waals surface area contributed by atoms with E-state index in [1.54, 1.807) is 11.1 Å². The van der Waals surface area contributed by atoms with E-state index < -0.39 is 0 Å². The zero-order valence-corrected chi connectivity index (χ0v) is 17.8.